The fourth-order valence-electron chi connectivity index (χ4n) is 3.76. The molecule has 3 amide bonds. The van der Waals surface area contributed by atoms with Crippen molar-refractivity contribution >= 4 is 23.6 Å². The third-order valence-electron chi connectivity index (χ3n) is 5.50. The lowest BCUT2D eigenvalue weighted by Gasteiger charge is -2.29. The summed E-state index contributed by atoms with van der Waals surface area (Å²) in [5, 5.41) is 5.71. The second kappa shape index (κ2) is 10.6. The first-order valence-electron chi connectivity index (χ1n) is 11.4. The van der Waals surface area contributed by atoms with Gasteiger partial charge in [-0.2, -0.15) is 0 Å². The highest BCUT2D eigenvalue weighted by molar-refractivity contribution is 5.99. The molecule has 8 nitrogen and oxygen atoms in total. The smallest absolute Gasteiger partial charge is 0.410 e. The Morgan fingerprint density at radius 3 is 2.26 bits per heavy atom. The third kappa shape index (κ3) is 6.50. The molecule has 0 radical (unpaired) electrons. The molecule has 1 saturated heterocycles. The van der Waals surface area contributed by atoms with Gasteiger partial charge in [-0.1, -0.05) is 29.8 Å². The highest BCUT2D eigenvalue weighted by atomic mass is 16.6. The predicted octanol–water partition coefficient (Wildman–Crippen LogP) is 4.20. The number of carbonyl (C=O) groups excluding carboxylic acids is 3. The number of aryl methyl sites for hydroxylation is 1. The molecule has 1 fully saturated rings. The van der Waals surface area contributed by atoms with Crippen LogP contribution in [0.3, 0.4) is 0 Å². The van der Waals surface area contributed by atoms with Crippen molar-refractivity contribution in [3.63, 3.8) is 0 Å². The number of likely N-dealkylation sites (tertiary alicyclic amines) is 1. The van der Waals surface area contributed by atoms with E-state index in [0.29, 0.717) is 36.4 Å². The molecule has 0 spiro atoms. The summed E-state index contributed by atoms with van der Waals surface area (Å²) in [5.74, 6) is -0.104. The number of hydrogen-bond acceptors (Lipinski definition) is 5. The molecule has 182 valence electrons. The van der Waals surface area contributed by atoms with Crippen LogP contribution in [0, 0.1) is 6.92 Å². The average Bonchev–Trinajstić information content (AvgIpc) is 3.28. The van der Waals surface area contributed by atoms with E-state index in [1.165, 1.54) is 4.90 Å². The minimum atomic E-state index is -0.934. The monoisotopic (exact) mass is 467 g/mol. The summed E-state index contributed by atoms with van der Waals surface area (Å²) in [7, 11) is 1.57. The maximum atomic E-state index is 13.3. The second-order valence-corrected chi connectivity index (χ2v) is 9.40. The van der Waals surface area contributed by atoms with E-state index in [4.69, 9.17) is 9.47 Å². The van der Waals surface area contributed by atoms with Crippen LogP contribution in [0.4, 0.5) is 10.5 Å². The maximum absolute atomic E-state index is 13.3. The van der Waals surface area contributed by atoms with E-state index >= 15 is 0 Å². The standard InChI is InChI=1S/C26H33N3O5/c1-17-8-10-18(11-9-17)22(24(31)27-19-12-14-20(33-5)15-13-19)28-23(30)21-7-6-16-29(21)25(32)34-26(2,3)4/h8-15,21-22H,6-7,16H2,1-5H3,(H,27,31)(H,28,30)/t21-,22+/m1/s1. The van der Waals surface area contributed by atoms with Gasteiger partial charge in [-0.05, 0) is 70.4 Å². The van der Waals surface area contributed by atoms with E-state index < -0.39 is 23.8 Å². The van der Waals surface area contributed by atoms with Crippen molar-refractivity contribution in [1.29, 1.82) is 0 Å². The lowest BCUT2D eigenvalue weighted by molar-refractivity contribution is -0.129. The zero-order valence-electron chi connectivity index (χ0n) is 20.4. The van der Waals surface area contributed by atoms with E-state index in [9.17, 15) is 14.4 Å². The highest BCUT2D eigenvalue weighted by Crippen LogP contribution is 2.24. The average molecular weight is 468 g/mol. The molecular weight excluding hydrogens is 434 g/mol. The molecule has 8 heteroatoms. The van der Waals surface area contributed by atoms with Gasteiger partial charge in [-0.3, -0.25) is 14.5 Å². The topological polar surface area (TPSA) is 97.0 Å². The molecule has 3 rings (SSSR count). The van der Waals surface area contributed by atoms with Gasteiger partial charge in [0.1, 0.15) is 23.4 Å². The van der Waals surface area contributed by atoms with Crippen LogP contribution < -0.4 is 15.4 Å². The molecule has 0 aliphatic carbocycles. The van der Waals surface area contributed by atoms with Gasteiger partial charge in [0.2, 0.25) is 5.91 Å². The number of nitrogens with one attached hydrogen (secondary N) is 2. The van der Waals surface area contributed by atoms with Crippen LogP contribution >= 0.6 is 0 Å². The van der Waals surface area contributed by atoms with Crippen molar-refractivity contribution in [3.8, 4) is 5.75 Å². The van der Waals surface area contributed by atoms with E-state index in [2.05, 4.69) is 10.6 Å². The zero-order valence-corrected chi connectivity index (χ0v) is 20.4. The largest absolute Gasteiger partial charge is 0.497 e. The minimum Gasteiger partial charge on any atom is -0.497 e. The van der Waals surface area contributed by atoms with Crippen LogP contribution in [0.2, 0.25) is 0 Å². The fraction of sp³-hybridized carbons (Fsp3) is 0.423. The van der Waals surface area contributed by atoms with Crippen LogP contribution in [0.5, 0.6) is 5.75 Å². The number of anilines is 1. The summed E-state index contributed by atoms with van der Waals surface area (Å²) in [6.07, 6.45) is 0.663. The fourth-order valence-corrected chi connectivity index (χ4v) is 3.76. The van der Waals surface area contributed by atoms with Gasteiger partial charge in [0.05, 0.1) is 7.11 Å². The maximum Gasteiger partial charge on any atom is 0.410 e. The summed E-state index contributed by atoms with van der Waals surface area (Å²) >= 11 is 0. The van der Waals surface area contributed by atoms with Gasteiger partial charge in [0.25, 0.3) is 5.91 Å². The first-order valence-corrected chi connectivity index (χ1v) is 11.4. The van der Waals surface area contributed by atoms with E-state index in [1.807, 2.05) is 31.2 Å². The molecule has 1 heterocycles. The molecule has 0 bridgehead atoms. The SMILES string of the molecule is COc1ccc(NC(=O)[C@@H](NC(=O)[C@H]2CCCN2C(=O)OC(C)(C)C)c2ccc(C)cc2)cc1. The van der Waals surface area contributed by atoms with Crippen molar-refractivity contribution < 1.29 is 23.9 Å². The van der Waals surface area contributed by atoms with Crippen molar-refractivity contribution in [2.45, 2.75) is 58.2 Å². The number of benzene rings is 2. The molecular formula is C26H33N3O5. The number of methoxy groups -OCH3 is 1. The van der Waals surface area contributed by atoms with Gasteiger partial charge < -0.3 is 20.1 Å². The highest BCUT2D eigenvalue weighted by Gasteiger charge is 2.38. The number of ether oxygens (including phenoxy) is 2. The van der Waals surface area contributed by atoms with Gasteiger partial charge in [0.15, 0.2) is 0 Å². The molecule has 2 aromatic rings. The molecule has 1 aliphatic rings. The van der Waals surface area contributed by atoms with Crippen molar-refractivity contribution in [2.75, 3.05) is 19.0 Å². The Labute approximate surface area is 200 Å². The summed E-state index contributed by atoms with van der Waals surface area (Å²) in [4.78, 5) is 40.6. The van der Waals surface area contributed by atoms with Gasteiger partial charge in [-0.15, -0.1) is 0 Å². The quantitative estimate of drug-likeness (QED) is 0.664. The van der Waals surface area contributed by atoms with E-state index in [0.717, 1.165) is 5.56 Å². The lowest BCUT2D eigenvalue weighted by atomic mass is 10.0. The van der Waals surface area contributed by atoms with Crippen LogP contribution in [-0.2, 0) is 14.3 Å². The molecule has 0 unspecified atom stereocenters. The third-order valence-corrected chi connectivity index (χ3v) is 5.50. The summed E-state index contributed by atoms with van der Waals surface area (Å²) in [6.45, 7) is 7.74. The summed E-state index contributed by atoms with van der Waals surface area (Å²) in [5.41, 5.74) is 1.60. The van der Waals surface area contributed by atoms with E-state index in [1.54, 1.807) is 52.1 Å². The Bertz CT molecular complexity index is 1010. The molecule has 2 N–H and O–H groups in total. The molecule has 0 aromatic heterocycles. The molecule has 0 saturated carbocycles. The van der Waals surface area contributed by atoms with Gasteiger partial charge in [-0.25, -0.2) is 4.79 Å². The van der Waals surface area contributed by atoms with Crippen molar-refractivity contribution in [2.24, 2.45) is 0 Å². The van der Waals surface area contributed by atoms with Crippen LogP contribution in [0.15, 0.2) is 48.5 Å². The van der Waals surface area contributed by atoms with Crippen molar-refractivity contribution in [3.05, 3.63) is 59.7 Å². The lowest BCUT2D eigenvalue weighted by Crippen LogP contribution is -2.49. The molecule has 34 heavy (non-hydrogen) atoms. The number of amides is 3. The normalized spacial score (nSPS) is 16.5. The molecule has 1 aliphatic heterocycles. The summed E-state index contributed by atoms with van der Waals surface area (Å²) in [6, 6.07) is 12.7. The number of hydrogen-bond donors (Lipinski definition) is 2. The van der Waals surface area contributed by atoms with Gasteiger partial charge >= 0.3 is 6.09 Å². The second-order valence-electron chi connectivity index (χ2n) is 9.40. The number of nitrogens with zero attached hydrogens (tertiary/aromatic N) is 1. The van der Waals surface area contributed by atoms with Crippen molar-refractivity contribution in [1.82, 2.24) is 10.2 Å². The van der Waals surface area contributed by atoms with Gasteiger partial charge in [0, 0.05) is 12.2 Å². The predicted molar refractivity (Wildman–Crippen MR) is 130 cm³/mol. The first kappa shape index (κ1) is 25.1. The Kier molecular flexibility index (Phi) is 7.81. The summed E-state index contributed by atoms with van der Waals surface area (Å²) < 4.78 is 10.6. The van der Waals surface area contributed by atoms with Crippen LogP contribution in [-0.4, -0.2) is 48.1 Å². The minimum absolute atomic E-state index is 0.385. The Hall–Kier alpha value is -3.55. The number of rotatable bonds is 6. The molecule has 2 aromatic carbocycles. The number of carbonyl (C=O) groups is 3. The zero-order chi connectivity index (χ0) is 24.9. The Morgan fingerprint density at radius 1 is 1.03 bits per heavy atom. The van der Waals surface area contributed by atoms with Crippen LogP contribution in [0.1, 0.15) is 50.8 Å². The first-order chi connectivity index (χ1) is 16.1. The van der Waals surface area contributed by atoms with Crippen LogP contribution in [0.25, 0.3) is 0 Å². The molecule has 2 atom stereocenters. The van der Waals surface area contributed by atoms with E-state index in [-0.39, 0.29) is 11.8 Å². The Balaban J connectivity index is 1.79. The Morgan fingerprint density at radius 2 is 1.68 bits per heavy atom.